The highest BCUT2D eigenvalue weighted by Gasteiger charge is 2.56. The molecule has 6 nitrogen and oxygen atoms in total. The SMILES string of the molecule is CCCCC[C@]1(CO)C[C@@H](OC2CCCCO2)[C@H](CO[Si](c2ccccc2)(c2ccccc2)C(C)(C)C)[C@H]1C/C=C\CCCC(=O)OC. The normalized spacial score (nSPS) is 25.0. The van der Waals surface area contributed by atoms with Gasteiger partial charge in [-0.05, 0) is 78.1 Å². The second-order valence-electron chi connectivity index (χ2n) is 15.1. The van der Waals surface area contributed by atoms with Crippen molar-refractivity contribution < 1.29 is 28.5 Å². The van der Waals surface area contributed by atoms with Gasteiger partial charge in [-0.2, -0.15) is 0 Å². The predicted octanol–water partition coefficient (Wildman–Crippen LogP) is 7.96. The lowest BCUT2D eigenvalue weighted by Gasteiger charge is -2.44. The van der Waals surface area contributed by atoms with E-state index in [4.69, 9.17) is 18.6 Å². The Bertz CT molecular complexity index is 1200. The number of allylic oxidation sites excluding steroid dienone is 2. The molecule has 0 spiro atoms. The molecule has 1 heterocycles. The Morgan fingerprint density at radius 3 is 2.25 bits per heavy atom. The third kappa shape index (κ3) is 9.48. The van der Waals surface area contributed by atoms with Crippen molar-refractivity contribution in [1.82, 2.24) is 0 Å². The third-order valence-electron chi connectivity index (χ3n) is 10.9. The molecule has 1 N–H and O–H groups in total. The lowest BCUT2D eigenvalue weighted by atomic mass is 9.71. The van der Waals surface area contributed by atoms with E-state index < -0.39 is 8.32 Å². The van der Waals surface area contributed by atoms with Crippen LogP contribution in [0.2, 0.25) is 5.04 Å². The summed E-state index contributed by atoms with van der Waals surface area (Å²) < 4.78 is 25.5. The fraction of sp³-hybridized carbons (Fsp3) is 0.634. The highest BCUT2D eigenvalue weighted by Crippen LogP contribution is 2.54. The van der Waals surface area contributed by atoms with Crippen LogP contribution >= 0.6 is 0 Å². The predicted molar refractivity (Wildman–Crippen MR) is 197 cm³/mol. The number of benzene rings is 2. The minimum atomic E-state index is -2.79. The Morgan fingerprint density at radius 2 is 1.69 bits per heavy atom. The molecule has 1 saturated carbocycles. The molecule has 0 radical (unpaired) electrons. The number of esters is 1. The second kappa shape index (κ2) is 18.6. The number of hydrogen-bond acceptors (Lipinski definition) is 6. The van der Waals surface area contributed by atoms with Gasteiger partial charge in [0.2, 0.25) is 0 Å². The minimum Gasteiger partial charge on any atom is -0.469 e. The summed E-state index contributed by atoms with van der Waals surface area (Å²) in [5, 5.41) is 13.7. The zero-order valence-corrected chi connectivity index (χ0v) is 31.3. The lowest BCUT2D eigenvalue weighted by Crippen LogP contribution is -2.67. The summed E-state index contributed by atoms with van der Waals surface area (Å²) in [6, 6.07) is 21.7. The van der Waals surface area contributed by atoms with Crippen LogP contribution in [0.1, 0.15) is 105 Å². The number of aliphatic hydroxyl groups excluding tert-OH is 1. The van der Waals surface area contributed by atoms with Gasteiger partial charge in [0.25, 0.3) is 8.32 Å². The van der Waals surface area contributed by atoms with Gasteiger partial charge in [-0.25, -0.2) is 0 Å². The largest absolute Gasteiger partial charge is 0.469 e. The van der Waals surface area contributed by atoms with Crippen molar-refractivity contribution in [1.29, 1.82) is 0 Å². The Hall–Kier alpha value is -2.29. The van der Waals surface area contributed by atoms with Gasteiger partial charge >= 0.3 is 5.97 Å². The number of unbranched alkanes of at least 4 members (excludes halogenated alkanes) is 3. The first-order valence-corrected chi connectivity index (χ1v) is 20.5. The van der Waals surface area contributed by atoms with E-state index in [-0.39, 0.29) is 47.3 Å². The van der Waals surface area contributed by atoms with E-state index in [0.29, 0.717) is 13.0 Å². The molecular formula is C41H62O6Si. The maximum atomic E-state index is 11.7. The summed E-state index contributed by atoms with van der Waals surface area (Å²) in [6.07, 6.45) is 15.3. The van der Waals surface area contributed by atoms with E-state index in [1.165, 1.54) is 17.5 Å². The Labute approximate surface area is 291 Å². The molecule has 266 valence electrons. The molecule has 1 aliphatic heterocycles. The fourth-order valence-corrected chi connectivity index (χ4v) is 12.9. The molecule has 1 unspecified atom stereocenters. The zero-order valence-electron chi connectivity index (χ0n) is 30.3. The van der Waals surface area contributed by atoms with E-state index in [9.17, 15) is 9.90 Å². The number of hydrogen-bond donors (Lipinski definition) is 1. The van der Waals surface area contributed by atoms with E-state index in [1.54, 1.807) is 0 Å². The minimum absolute atomic E-state index is 0.0715. The number of methoxy groups -OCH3 is 1. The summed E-state index contributed by atoms with van der Waals surface area (Å²) in [7, 11) is -1.35. The van der Waals surface area contributed by atoms with Gasteiger partial charge in [-0.1, -0.05) is 120 Å². The lowest BCUT2D eigenvalue weighted by molar-refractivity contribution is -0.198. The van der Waals surface area contributed by atoms with Crippen molar-refractivity contribution in [3.05, 3.63) is 72.8 Å². The molecule has 0 amide bonds. The highest BCUT2D eigenvalue weighted by atomic mass is 28.4. The van der Waals surface area contributed by atoms with Gasteiger partial charge in [0.15, 0.2) is 6.29 Å². The number of rotatable bonds is 18. The van der Waals surface area contributed by atoms with E-state index in [2.05, 4.69) is 101 Å². The van der Waals surface area contributed by atoms with Crippen LogP contribution in [-0.4, -0.2) is 58.7 Å². The van der Waals surface area contributed by atoms with Gasteiger partial charge in [0.05, 0.1) is 13.2 Å². The molecule has 2 aromatic carbocycles. The van der Waals surface area contributed by atoms with Crippen LogP contribution in [0.3, 0.4) is 0 Å². The molecule has 4 rings (SSSR count). The molecule has 0 aromatic heterocycles. The topological polar surface area (TPSA) is 74.2 Å². The van der Waals surface area contributed by atoms with Crippen LogP contribution < -0.4 is 10.4 Å². The van der Waals surface area contributed by atoms with E-state index >= 15 is 0 Å². The quantitative estimate of drug-likeness (QED) is 0.0747. The standard InChI is InChI=1S/C41H62O6Si/c1-6-7-19-28-41(32-42)30-37(47-39-27-18-20-29-45-39)35(36(41)25-16-8-9-17-26-38(43)44-5)31-46-48(40(2,3)4,33-21-12-10-13-22-33)34-23-14-11-15-24-34/h8,10-16,21-24,35-37,39,42H,6-7,9,17-20,25-32H2,1-5H3/b16-8-/t35-,36-,37-,39?,41-/m1/s1. The first kappa shape index (κ1) is 38.5. The van der Waals surface area contributed by atoms with Crippen LogP contribution in [-0.2, 0) is 23.4 Å². The molecule has 2 aliphatic rings. The summed E-state index contributed by atoms with van der Waals surface area (Å²) in [4.78, 5) is 11.7. The summed E-state index contributed by atoms with van der Waals surface area (Å²) >= 11 is 0. The van der Waals surface area contributed by atoms with E-state index in [1.807, 2.05) is 0 Å². The maximum Gasteiger partial charge on any atom is 0.305 e. The first-order valence-electron chi connectivity index (χ1n) is 18.6. The van der Waals surface area contributed by atoms with Crippen molar-refractivity contribution in [2.45, 2.75) is 122 Å². The van der Waals surface area contributed by atoms with Crippen molar-refractivity contribution in [2.75, 3.05) is 26.9 Å². The molecule has 7 heteroatoms. The van der Waals surface area contributed by atoms with Gasteiger partial charge in [-0.3, -0.25) is 4.79 Å². The zero-order chi connectivity index (χ0) is 34.5. The smallest absolute Gasteiger partial charge is 0.305 e. The molecule has 2 aromatic rings. The number of ether oxygens (including phenoxy) is 3. The fourth-order valence-electron chi connectivity index (χ4n) is 8.31. The molecule has 2 fully saturated rings. The average Bonchev–Trinajstić information content (AvgIpc) is 3.38. The van der Waals surface area contributed by atoms with Crippen molar-refractivity contribution >= 4 is 24.7 Å². The van der Waals surface area contributed by atoms with E-state index in [0.717, 1.165) is 77.2 Å². The molecule has 5 atom stereocenters. The van der Waals surface area contributed by atoms with Gasteiger partial charge in [0.1, 0.15) is 0 Å². The highest BCUT2D eigenvalue weighted by molar-refractivity contribution is 6.99. The van der Waals surface area contributed by atoms with Crippen LogP contribution in [0.25, 0.3) is 0 Å². The third-order valence-corrected chi connectivity index (χ3v) is 15.9. The molecule has 1 saturated heterocycles. The van der Waals surface area contributed by atoms with Gasteiger partial charge < -0.3 is 23.7 Å². The maximum absolute atomic E-state index is 11.7. The van der Waals surface area contributed by atoms with Crippen LogP contribution in [0.4, 0.5) is 0 Å². The Balaban J connectivity index is 1.72. The first-order chi connectivity index (χ1) is 23.2. The van der Waals surface area contributed by atoms with Crippen LogP contribution in [0, 0.1) is 17.3 Å². The van der Waals surface area contributed by atoms with Gasteiger partial charge in [-0.15, -0.1) is 0 Å². The Morgan fingerprint density at radius 1 is 1.00 bits per heavy atom. The summed E-state index contributed by atoms with van der Waals surface area (Å²) in [6.45, 7) is 10.7. The van der Waals surface area contributed by atoms with Crippen molar-refractivity contribution in [3.8, 4) is 0 Å². The second-order valence-corrected chi connectivity index (χ2v) is 19.4. The van der Waals surface area contributed by atoms with Crippen molar-refractivity contribution in [3.63, 3.8) is 0 Å². The average molecular weight is 679 g/mol. The van der Waals surface area contributed by atoms with Crippen LogP contribution in [0.15, 0.2) is 72.8 Å². The molecule has 1 aliphatic carbocycles. The van der Waals surface area contributed by atoms with Crippen molar-refractivity contribution in [2.24, 2.45) is 17.3 Å². The number of carbonyl (C=O) groups is 1. The Kier molecular flexibility index (Phi) is 14.9. The summed E-state index contributed by atoms with van der Waals surface area (Å²) in [5.74, 6) is 0.105. The monoisotopic (exact) mass is 678 g/mol. The van der Waals surface area contributed by atoms with Crippen LogP contribution in [0.5, 0.6) is 0 Å². The van der Waals surface area contributed by atoms with Gasteiger partial charge in [0, 0.05) is 32.2 Å². The molecular weight excluding hydrogens is 617 g/mol. The number of carbonyl (C=O) groups excluding carboxylic acids is 1. The number of aliphatic hydroxyl groups is 1. The summed E-state index contributed by atoms with van der Waals surface area (Å²) in [5.41, 5.74) is -0.260. The molecule has 48 heavy (non-hydrogen) atoms. The molecule has 0 bridgehead atoms.